The number of thioether (sulfide) groups is 1. The van der Waals surface area contributed by atoms with Crippen molar-refractivity contribution in [3.8, 4) is 0 Å². The molecular formula is C11H14O4S. The molecule has 0 radical (unpaired) electrons. The summed E-state index contributed by atoms with van der Waals surface area (Å²) in [6.07, 6.45) is 0.565. The number of ether oxygens (including phenoxy) is 1. The third-order valence-electron chi connectivity index (χ3n) is 1.89. The summed E-state index contributed by atoms with van der Waals surface area (Å²) >= 11 is 1.60. The Labute approximate surface area is 98.3 Å². The molecule has 88 valence electrons. The van der Waals surface area contributed by atoms with Crippen LogP contribution in [-0.2, 0) is 15.3 Å². The molecule has 0 saturated carbocycles. The fraction of sp³-hybridized carbons (Fsp3) is 0.455. The number of methoxy groups -OCH3 is 1. The van der Waals surface area contributed by atoms with Crippen LogP contribution in [0.2, 0.25) is 0 Å². The largest absolute Gasteiger partial charge is 0.463 e. The van der Waals surface area contributed by atoms with Gasteiger partial charge in [0.05, 0.1) is 12.9 Å². The van der Waals surface area contributed by atoms with E-state index in [-0.39, 0.29) is 11.5 Å². The summed E-state index contributed by atoms with van der Waals surface area (Å²) < 4.78 is 9.79. The SMILES string of the molecule is COC(=O)c1ccc(CSCCC(C)=O)o1. The predicted molar refractivity (Wildman–Crippen MR) is 61.5 cm³/mol. The van der Waals surface area contributed by atoms with E-state index in [0.29, 0.717) is 17.9 Å². The van der Waals surface area contributed by atoms with Gasteiger partial charge < -0.3 is 9.15 Å². The topological polar surface area (TPSA) is 56.5 Å². The van der Waals surface area contributed by atoms with Gasteiger partial charge in [0.15, 0.2) is 0 Å². The van der Waals surface area contributed by atoms with Crippen LogP contribution in [0, 0.1) is 0 Å². The average Bonchev–Trinajstić information content (AvgIpc) is 2.71. The van der Waals surface area contributed by atoms with E-state index in [1.807, 2.05) is 0 Å². The van der Waals surface area contributed by atoms with Crippen molar-refractivity contribution in [2.45, 2.75) is 19.1 Å². The molecule has 1 aromatic heterocycles. The molecule has 0 aliphatic rings. The fourth-order valence-electron chi connectivity index (χ4n) is 1.05. The monoisotopic (exact) mass is 242 g/mol. The summed E-state index contributed by atoms with van der Waals surface area (Å²) in [5.41, 5.74) is 0. The molecule has 1 heterocycles. The Morgan fingerprint density at radius 1 is 1.44 bits per heavy atom. The Hall–Kier alpha value is -1.23. The van der Waals surface area contributed by atoms with E-state index in [1.165, 1.54) is 7.11 Å². The van der Waals surface area contributed by atoms with Crippen molar-refractivity contribution < 1.29 is 18.7 Å². The number of furan rings is 1. The predicted octanol–water partition coefficient (Wildman–Crippen LogP) is 2.28. The van der Waals surface area contributed by atoms with Crippen LogP contribution in [0.1, 0.15) is 29.7 Å². The Bertz CT molecular complexity index is 370. The zero-order valence-corrected chi connectivity index (χ0v) is 10.1. The zero-order chi connectivity index (χ0) is 12.0. The maximum absolute atomic E-state index is 11.1. The highest BCUT2D eigenvalue weighted by Gasteiger charge is 2.10. The summed E-state index contributed by atoms with van der Waals surface area (Å²) in [6.45, 7) is 1.57. The minimum atomic E-state index is -0.472. The smallest absolute Gasteiger partial charge is 0.373 e. The van der Waals surface area contributed by atoms with Gasteiger partial charge >= 0.3 is 5.97 Å². The normalized spacial score (nSPS) is 10.1. The van der Waals surface area contributed by atoms with E-state index >= 15 is 0 Å². The highest BCUT2D eigenvalue weighted by Crippen LogP contribution is 2.16. The summed E-state index contributed by atoms with van der Waals surface area (Å²) in [5, 5.41) is 0. The molecule has 0 aliphatic carbocycles. The highest BCUT2D eigenvalue weighted by molar-refractivity contribution is 7.98. The molecule has 0 unspecified atom stereocenters. The van der Waals surface area contributed by atoms with E-state index in [0.717, 1.165) is 5.75 Å². The van der Waals surface area contributed by atoms with Crippen molar-refractivity contribution in [2.75, 3.05) is 12.9 Å². The van der Waals surface area contributed by atoms with Gasteiger partial charge in [-0.25, -0.2) is 4.79 Å². The fourth-order valence-corrected chi connectivity index (χ4v) is 1.99. The second-order valence-electron chi connectivity index (χ2n) is 3.26. The molecule has 1 aromatic rings. The molecule has 0 saturated heterocycles. The summed E-state index contributed by atoms with van der Waals surface area (Å²) in [7, 11) is 1.31. The number of hydrogen-bond donors (Lipinski definition) is 0. The molecule has 16 heavy (non-hydrogen) atoms. The first-order valence-electron chi connectivity index (χ1n) is 4.87. The van der Waals surface area contributed by atoms with E-state index in [9.17, 15) is 9.59 Å². The number of rotatable bonds is 6. The van der Waals surface area contributed by atoms with E-state index in [2.05, 4.69) is 4.74 Å². The van der Waals surface area contributed by atoms with Crippen LogP contribution >= 0.6 is 11.8 Å². The molecule has 1 rings (SSSR count). The third-order valence-corrected chi connectivity index (χ3v) is 2.87. The summed E-state index contributed by atoms with van der Waals surface area (Å²) in [6, 6.07) is 3.33. The maximum Gasteiger partial charge on any atom is 0.373 e. The van der Waals surface area contributed by atoms with Crippen LogP contribution < -0.4 is 0 Å². The Morgan fingerprint density at radius 3 is 2.81 bits per heavy atom. The summed E-state index contributed by atoms with van der Waals surface area (Å²) in [5.74, 6) is 2.06. The van der Waals surface area contributed by atoms with Crippen LogP contribution in [0.3, 0.4) is 0 Å². The van der Waals surface area contributed by atoms with Gasteiger partial charge in [0.25, 0.3) is 0 Å². The quantitative estimate of drug-likeness (QED) is 0.566. The third kappa shape index (κ3) is 4.10. The van der Waals surface area contributed by atoms with Gasteiger partial charge in [0.1, 0.15) is 11.5 Å². The molecule has 4 nitrogen and oxygen atoms in total. The number of ketones is 1. The first-order chi connectivity index (χ1) is 7.63. The van der Waals surface area contributed by atoms with Gasteiger partial charge in [-0.3, -0.25) is 4.79 Å². The lowest BCUT2D eigenvalue weighted by Gasteiger charge is -1.97. The average molecular weight is 242 g/mol. The zero-order valence-electron chi connectivity index (χ0n) is 9.32. The lowest BCUT2D eigenvalue weighted by atomic mass is 10.4. The number of Topliss-reactive ketones (excluding diaryl/α,β-unsaturated/α-hetero) is 1. The van der Waals surface area contributed by atoms with Crippen molar-refractivity contribution in [3.63, 3.8) is 0 Å². The first-order valence-corrected chi connectivity index (χ1v) is 6.03. The van der Waals surface area contributed by atoms with Gasteiger partial charge in [-0.1, -0.05) is 0 Å². The van der Waals surface area contributed by atoms with Crippen molar-refractivity contribution in [1.82, 2.24) is 0 Å². The number of hydrogen-bond acceptors (Lipinski definition) is 5. The molecule has 0 spiro atoms. The van der Waals surface area contributed by atoms with Crippen LogP contribution in [0.4, 0.5) is 0 Å². The number of carbonyl (C=O) groups excluding carboxylic acids is 2. The highest BCUT2D eigenvalue weighted by atomic mass is 32.2. The Morgan fingerprint density at radius 2 is 2.19 bits per heavy atom. The molecule has 0 aromatic carbocycles. The molecule has 0 bridgehead atoms. The van der Waals surface area contributed by atoms with Crippen LogP contribution in [0.5, 0.6) is 0 Å². The van der Waals surface area contributed by atoms with Gasteiger partial charge in [0, 0.05) is 12.2 Å². The van der Waals surface area contributed by atoms with E-state index < -0.39 is 5.97 Å². The van der Waals surface area contributed by atoms with Gasteiger partial charge in [-0.15, -0.1) is 0 Å². The van der Waals surface area contributed by atoms with Crippen molar-refractivity contribution >= 4 is 23.5 Å². The van der Waals surface area contributed by atoms with Crippen molar-refractivity contribution in [2.24, 2.45) is 0 Å². The Balaban J connectivity index is 2.35. The standard InChI is InChI=1S/C11H14O4S/c1-8(12)5-6-16-7-9-3-4-10(15-9)11(13)14-2/h3-4H,5-7H2,1-2H3. The number of esters is 1. The molecule has 0 N–H and O–H groups in total. The van der Waals surface area contributed by atoms with Crippen LogP contribution in [0.25, 0.3) is 0 Å². The molecular weight excluding hydrogens is 228 g/mol. The molecule has 0 fully saturated rings. The lowest BCUT2D eigenvalue weighted by molar-refractivity contribution is -0.116. The maximum atomic E-state index is 11.1. The molecule has 5 heteroatoms. The van der Waals surface area contributed by atoms with Gasteiger partial charge in [0.2, 0.25) is 5.76 Å². The van der Waals surface area contributed by atoms with E-state index in [1.54, 1.807) is 30.8 Å². The minimum Gasteiger partial charge on any atom is -0.463 e. The van der Waals surface area contributed by atoms with Gasteiger partial charge in [-0.2, -0.15) is 11.8 Å². The second kappa shape index (κ2) is 6.37. The minimum absolute atomic E-state index is 0.183. The summed E-state index contributed by atoms with van der Waals surface area (Å²) in [4.78, 5) is 21.8. The Kier molecular flexibility index (Phi) is 5.11. The van der Waals surface area contributed by atoms with Crippen LogP contribution in [0.15, 0.2) is 16.5 Å². The van der Waals surface area contributed by atoms with Crippen molar-refractivity contribution in [1.29, 1.82) is 0 Å². The number of carbonyl (C=O) groups is 2. The van der Waals surface area contributed by atoms with E-state index in [4.69, 9.17) is 4.42 Å². The van der Waals surface area contributed by atoms with Crippen molar-refractivity contribution in [3.05, 3.63) is 23.7 Å². The first kappa shape index (κ1) is 12.8. The molecule has 0 atom stereocenters. The van der Waals surface area contributed by atoms with Crippen LogP contribution in [-0.4, -0.2) is 24.6 Å². The lowest BCUT2D eigenvalue weighted by Crippen LogP contribution is -1.98. The molecule has 0 amide bonds. The van der Waals surface area contributed by atoms with Gasteiger partial charge in [-0.05, 0) is 19.1 Å². The second-order valence-corrected chi connectivity index (χ2v) is 4.37. The molecule has 0 aliphatic heterocycles.